The van der Waals surface area contributed by atoms with Gasteiger partial charge in [0.2, 0.25) is 11.6 Å². The van der Waals surface area contributed by atoms with Crippen molar-refractivity contribution in [2.75, 3.05) is 5.73 Å². The van der Waals surface area contributed by atoms with Crippen LogP contribution in [0.2, 0.25) is 0 Å². The lowest BCUT2D eigenvalue weighted by Crippen LogP contribution is -2.08. The molecular weight excluding hydrogens is 296 g/mol. The summed E-state index contributed by atoms with van der Waals surface area (Å²) in [7, 11) is 0. The maximum Gasteiger partial charge on any atom is 0.239 e. The van der Waals surface area contributed by atoms with Gasteiger partial charge in [0.05, 0.1) is 5.69 Å². The third kappa shape index (κ3) is 3.26. The molecule has 0 amide bonds. The molecule has 8 nitrogen and oxygen atoms in total. The maximum atomic E-state index is 12.3. The minimum Gasteiger partial charge on any atom is -0.504 e. The number of anilines is 1. The largest absolute Gasteiger partial charge is 0.504 e. The summed E-state index contributed by atoms with van der Waals surface area (Å²) in [6, 6.07) is 10.9. The fourth-order valence-electron chi connectivity index (χ4n) is 2.13. The second kappa shape index (κ2) is 6.14. The molecule has 8 heteroatoms. The highest BCUT2D eigenvalue weighted by Gasteiger charge is 2.12. The Bertz CT molecular complexity index is 833. The molecule has 0 fully saturated rings. The Kier molecular flexibility index (Phi) is 3.88. The number of nitrogens with zero attached hydrogens (tertiary/aromatic N) is 4. The molecule has 4 N–H and O–H groups in total. The normalized spacial score (nSPS) is 11.6. The standard InChI is InChI=1S/C15H14N6O2/c16-11-5-3-10(4-6-11)9-21-7-1-2-12(21)13(22)8-14(23)15-17-19-20-18-15/h1-8,23H,9,16H2,(H,17,18,19,20). The van der Waals surface area contributed by atoms with Crippen molar-refractivity contribution in [2.24, 2.45) is 0 Å². The van der Waals surface area contributed by atoms with Crippen molar-refractivity contribution in [3.8, 4) is 0 Å². The van der Waals surface area contributed by atoms with Crippen LogP contribution in [0, 0.1) is 0 Å². The number of aromatic nitrogens is 5. The number of nitrogens with one attached hydrogen (secondary N) is 1. The van der Waals surface area contributed by atoms with Gasteiger partial charge in [-0.1, -0.05) is 12.1 Å². The van der Waals surface area contributed by atoms with E-state index in [1.54, 1.807) is 22.9 Å². The molecule has 0 radical (unpaired) electrons. The van der Waals surface area contributed by atoms with Crippen LogP contribution in [0.4, 0.5) is 5.69 Å². The first-order valence-corrected chi connectivity index (χ1v) is 6.82. The van der Waals surface area contributed by atoms with E-state index in [1.807, 2.05) is 24.3 Å². The number of ketones is 1. The topological polar surface area (TPSA) is 123 Å². The molecule has 0 saturated carbocycles. The summed E-state index contributed by atoms with van der Waals surface area (Å²) in [5.41, 5.74) is 7.80. The molecular formula is C15H14N6O2. The minimum absolute atomic E-state index is 0.0324. The van der Waals surface area contributed by atoms with Crippen LogP contribution in [0.15, 0.2) is 48.7 Å². The number of nitrogens with two attached hydrogens (primary N) is 1. The van der Waals surface area contributed by atoms with Gasteiger partial charge in [0.1, 0.15) is 0 Å². The zero-order chi connectivity index (χ0) is 16.2. The van der Waals surface area contributed by atoms with E-state index >= 15 is 0 Å². The highest BCUT2D eigenvalue weighted by molar-refractivity contribution is 6.06. The van der Waals surface area contributed by atoms with Crippen molar-refractivity contribution in [1.82, 2.24) is 25.2 Å². The summed E-state index contributed by atoms with van der Waals surface area (Å²) in [5.74, 6) is -0.730. The zero-order valence-electron chi connectivity index (χ0n) is 12.0. The fraction of sp³-hybridized carbons (Fsp3) is 0.0667. The fourth-order valence-corrected chi connectivity index (χ4v) is 2.13. The van der Waals surface area contributed by atoms with Crippen molar-refractivity contribution in [3.05, 3.63) is 65.8 Å². The number of tetrazole rings is 1. The molecule has 0 aliphatic heterocycles. The molecule has 0 aliphatic rings. The molecule has 116 valence electrons. The van der Waals surface area contributed by atoms with Crippen LogP contribution in [0.3, 0.4) is 0 Å². The summed E-state index contributed by atoms with van der Waals surface area (Å²) >= 11 is 0. The van der Waals surface area contributed by atoms with Crippen molar-refractivity contribution in [2.45, 2.75) is 6.54 Å². The number of nitrogen functional groups attached to an aromatic ring is 1. The average molecular weight is 310 g/mol. The smallest absolute Gasteiger partial charge is 0.239 e. The van der Waals surface area contributed by atoms with Gasteiger partial charge in [0, 0.05) is 24.5 Å². The molecule has 1 aromatic carbocycles. The molecule has 2 aromatic heterocycles. The third-order valence-electron chi connectivity index (χ3n) is 3.26. The lowest BCUT2D eigenvalue weighted by Gasteiger charge is -2.07. The van der Waals surface area contributed by atoms with Crippen molar-refractivity contribution in [3.63, 3.8) is 0 Å². The number of carbonyl (C=O) groups excluding carboxylic acids is 1. The molecule has 0 aliphatic carbocycles. The predicted octanol–water partition coefficient (Wildman–Crippen LogP) is 1.41. The van der Waals surface area contributed by atoms with Crippen molar-refractivity contribution >= 4 is 17.2 Å². The first kappa shape index (κ1) is 14.5. The summed E-state index contributed by atoms with van der Waals surface area (Å²) in [6.45, 7) is 0.519. The molecule has 0 spiro atoms. The van der Waals surface area contributed by atoms with Gasteiger partial charge in [0.15, 0.2) is 5.76 Å². The lowest BCUT2D eigenvalue weighted by atomic mass is 10.2. The van der Waals surface area contributed by atoms with Crippen LogP contribution in [-0.2, 0) is 6.54 Å². The van der Waals surface area contributed by atoms with Gasteiger partial charge in [-0.2, -0.15) is 5.21 Å². The number of H-pyrrole nitrogens is 1. The lowest BCUT2D eigenvalue weighted by molar-refractivity contribution is 0.103. The molecule has 0 bridgehead atoms. The minimum atomic E-state index is -0.354. The second-order valence-corrected chi connectivity index (χ2v) is 4.89. The van der Waals surface area contributed by atoms with E-state index in [1.165, 1.54) is 0 Å². The van der Waals surface area contributed by atoms with E-state index in [0.29, 0.717) is 17.9 Å². The average Bonchev–Trinajstić information content (AvgIpc) is 3.20. The maximum absolute atomic E-state index is 12.3. The van der Waals surface area contributed by atoms with Crippen LogP contribution in [0.1, 0.15) is 21.9 Å². The van der Waals surface area contributed by atoms with Crippen LogP contribution in [0.5, 0.6) is 0 Å². The van der Waals surface area contributed by atoms with Crippen LogP contribution < -0.4 is 5.73 Å². The van der Waals surface area contributed by atoms with E-state index in [0.717, 1.165) is 11.6 Å². The molecule has 0 unspecified atom stereocenters. The number of rotatable bonds is 5. The van der Waals surface area contributed by atoms with E-state index in [-0.39, 0.29) is 17.4 Å². The summed E-state index contributed by atoms with van der Waals surface area (Å²) < 4.78 is 1.79. The highest BCUT2D eigenvalue weighted by Crippen LogP contribution is 2.13. The Balaban J connectivity index is 1.81. The summed E-state index contributed by atoms with van der Waals surface area (Å²) in [6.07, 6.45) is 2.86. The SMILES string of the molecule is Nc1ccc(Cn2cccc2C(=O)C=C(O)c2nn[nH]n2)cc1. The van der Waals surface area contributed by atoms with Gasteiger partial charge in [0.25, 0.3) is 0 Å². The quantitative estimate of drug-likeness (QED) is 0.283. The number of carbonyl (C=O) groups is 1. The first-order valence-electron chi connectivity index (χ1n) is 6.82. The van der Waals surface area contributed by atoms with Gasteiger partial charge < -0.3 is 15.4 Å². The molecule has 3 rings (SSSR count). The number of allylic oxidation sites excluding steroid dienone is 1. The van der Waals surface area contributed by atoms with Gasteiger partial charge in [-0.25, -0.2) is 0 Å². The van der Waals surface area contributed by atoms with E-state index < -0.39 is 0 Å². The Morgan fingerprint density at radius 1 is 1.30 bits per heavy atom. The first-order chi connectivity index (χ1) is 11.1. The van der Waals surface area contributed by atoms with Crippen LogP contribution in [0.25, 0.3) is 5.76 Å². The van der Waals surface area contributed by atoms with E-state index in [9.17, 15) is 9.90 Å². The Morgan fingerprint density at radius 2 is 2.09 bits per heavy atom. The third-order valence-corrected chi connectivity index (χ3v) is 3.26. The summed E-state index contributed by atoms with van der Waals surface area (Å²) in [5, 5.41) is 22.6. The van der Waals surface area contributed by atoms with Gasteiger partial charge in [-0.05, 0) is 35.0 Å². The van der Waals surface area contributed by atoms with Crippen LogP contribution in [-0.4, -0.2) is 36.1 Å². The number of benzene rings is 1. The number of hydrogen-bond acceptors (Lipinski definition) is 6. The Morgan fingerprint density at radius 3 is 2.78 bits per heavy atom. The van der Waals surface area contributed by atoms with Crippen LogP contribution >= 0.6 is 0 Å². The molecule has 3 aromatic rings. The number of aliphatic hydroxyl groups is 1. The predicted molar refractivity (Wildman–Crippen MR) is 83.5 cm³/mol. The molecule has 0 atom stereocenters. The van der Waals surface area contributed by atoms with Gasteiger partial charge in [-0.3, -0.25) is 4.79 Å². The van der Waals surface area contributed by atoms with E-state index in [2.05, 4.69) is 20.6 Å². The number of aliphatic hydroxyl groups excluding tert-OH is 1. The van der Waals surface area contributed by atoms with Crippen molar-refractivity contribution < 1.29 is 9.90 Å². The Hall–Kier alpha value is -3.42. The monoisotopic (exact) mass is 310 g/mol. The molecule has 2 heterocycles. The highest BCUT2D eigenvalue weighted by atomic mass is 16.3. The second-order valence-electron chi connectivity index (χ2n) is 4.89. The number of hydrogen-bond donors (Lipinski definition) is 3. The van der Waals surface area contributed by atoms with Crippen molar-refractivity contribution in [1.29, 1.82) is 0 Å². The molecule has 0 saturated heterocycles. The zero-order valence-corrected chi connectivity index (χ0v) is 12.0. The Labute approximate surface area is 131 Å². The van der Waals surface area contributed by atoms with Gasteiger partial charge in [-0.15, -0.1) is 10.2 Å². The molecule has 23 heavy (non-hydrogen) atoms. The summed E-state index contributed by atoms with van der Waals surface area (Å²) in [4.78, 5) is 12.3. The van der Waals surface area contributed by atoms with Gasteiger partial charge >= 0.3 is 0 Å². The number of aromatic amines is 1. The van der Waals surface area contributed by atoms with E-state index in [4.69, 9.17) is 5.73 Å².